The van der Waals surface area contributed by atoms with E-state index < -0.39 is 23.9 Å². The molecule has 1 saturated heterocycles. The van der Waals surface area contributed by atoms with Crippen LogP contribution in [0.25, 0.3) is 0 Å². The van der Waals surface area contributed by atoms with Crippen LogP contribution in [0.1, 0.15) is 11.1 Å². The van der Waals surface area contributed by atoms with E-state index >= 15 is 0 Å². The highest BCUT2D eigenvalue weighted by atomic mass is 19.4. The predicted molar refractivity (Wildman–Crippen MR) is 71.2 cm³/mol. The maximum atomic E-state index is 12.3. The normalized spacial score (nSPS) is 15.2. The van der Waals surface area contributed by atoms with Crippen molar-refractivity contribution in [3.05, 3.63) is 35.4 Å². The zero-order valence-corrected chi connectivity index (χ0v) is 12.2. The molecule has 1 aliphatic heterocycles. The molecule has 1 aromatic carbocycles. The largest absolute Gasteiger partial charge is 0.490 e. The molecule has 1 aromatic rings. The van der Waals surface area contributed by atoms with Crippen LogP contribution in [0.15, 0.2) is 24.3 Å². The first-order valence-corrected chi connectivity index (χ1v) is 6.75. The Morgan fingerprint density at radius 1 is 1.12 bits per heavy atom. The SMILES string of the molecule is FC(F)(F)c1ccc(COCC2CNC2)cc1.O=C(O)C(F)(F)F. The highest BCUT2D eigenvalue weighted by Crippen LogP contribution is 2.29. The number of carboxylic acids is 1. The molecule has 1 fully saturated rings. The molecule has 136 valence electrons. The first-order valence-electron chi connectivity index (χ1n) is 6.75. The summed E-state index contributed by atoms with van der Waals surface area (Å²) in [5, 5.41) is 10.3. The molecule has 24 heavy (non-hydrogen) atoms. The standard InChI is InChI=1S/C12H14F3NO.C2HF3O2/c13-12(14,15)11-3-1-9(2-4-11)7-17-8-10-5-16-6-10;3-2(4,5)1(6)7/h1-4,10,16H,5-8H2;(H,6,7). The van der Waals surface area contributed by atoms with Crippen LogP contribution in [0, 0.1) is 5.92 Å². The van der Waals surface area contributed by atoms with Gasteiger partial charge < -0.3 is 15.2 Å². The van der Waals surface area contributed by atoms with Gasteiger partial charge in [0.1, 0.15) is 0 Å². The van der Waals surface area contributed by atoms with E-state index in [4.69, 9.17) is 14.6 Å². The van der Waals surface area contributed by atoms with Gasteiger partial charge >= 0.3 is 18.3 Å². The quantitative estimate of drug-likeness (QED) is 0.812. The molecule has 0 aromatic heterocycles. The molecule has 0 bridgehead atoms. The molecule has 0 saturated carbocycles. The second-order valence-electron chi connectivity index (χ2n) is 5.04. The third-order valence-corrected chi connectivity index (χ3v) is 3.01. The maximum Gasteiger partial charge on any atom is 0.490 e. The first-order chi connectivity index (χ1) is 11.0. The van der Waals surface area contributed by atoms with Crippen LogP contribution in [-0.2, 0) is 22.3 Å². The molecular formula is C14H15F6NO3. The Kier molecular flexibility index (Phi) is 7.03. The van der Waals surface area contributed by atoms with Crippen molar-refractivity contribution in [2.75, 3.05) is 19.7 Å². The lowest BCUT2D eigenvalue weighted by Crippen LogP contribution is -2.44. The Labute approximate surface area is 133 Å². The number of carbonyl (C=O) groups is 1. The lowest BCUT2D eigenvalue weighted by Gasteiger charge is -2.26. The molecule has 2 rings (SSSR count). The van der Waals surface area contributed by atoms with Crippen molar-refractivity contribution in [1.29, 1.82) is 0 Å². The number of nitrogens with one attached hydrogen (secondary N) is 1. The summed E-state index contributed by atoms with van der Waals surface area (Å²) in [6.45, 7) is 2.96. The molecule has 0 aliphatic carbocycles. The molecular weight excluding hydrogens is 344 g/mol. The number of benzene rings is 1. The zero-order valence-electron chi connectivity index (χ0n) is 12.2. The Hall–Kier alpha value is -1.81. The van der Waals surface area contributed by atoms with Crippen molar-refractivity contribution in [3.63, 3.8) is 0 Å². The molecule has 4 nitrogen and oxygen atoms in total. The average Bonchev–Trinajstić information content (AvgIpc) is 2.41. The number of halogens is 6. The van der Waals surface area contributed by atoms with Gasteiger partial charge in [-0.25, -0.2) is 4.79 Å². The summed E-state index contributed by atoms with van der Waals surface area (Å²) in [5.41, 5.74) is 0.148. The Balaban J connectivity index is 0.000000351. The molecule has 2 N–H and O–H groups in total. The van der Waals surface area contributed by atoms with Crippen LogP contribution in [-0.4, -0.2) is 36.9 Å². The summed E-state index contributed by atoms with van der Waals surface area (Å²) in [5.74, 6) is -2.21. The van der Waals surface area contributed by atoms with Crippen molar-refractivity contribution in [2.24, 2.45) is 5.92 Å². The van der Waals surface area contributed by atoms with Gasteiger partial charge in [-0.05, 0) is 17.7 Å². The highest BCUT2D eigenvalue weighted by molar-refractivity contribution is 5.73. The fourth-order valence-electron chi connectivity index (χ4n) is 1.60. The van der Waals surface area contributed by atoms with Crippen LogP contribution in [0.3, 0.4) is 0 Å². The van der Waals surface area contributed by atoms with Crippen molar-refractivity contribution in [2.45, 2.75) is 19.0 Å². The van der Waals surface area contributed by atoms with Crippen molar-refractivity contribution in [3.8, 4) is 0 Å². The van der Waals surface area contributed by atoms with Gasteiger partial charge in [0, 0.05) is 19.0 Å². The molecule has 0 atom stereocenters. The molecule has 0 unspecified atom stereocenters. The number of alkyl halides is 6. The Bertz CT molecular complexity index is 523. The minimum Gasteiger partial charge on any atom is -0.475 e. The van der Waals surface area contributed by atoms with Gasteiger partial charge in [-0.3, -0.25) is 0 Å². The molecule has 0 radical (unpaired) electrons. The van der Waals surface area contributed by atoms with Gasteiger partial charge in [0.05, 0.1) is 18.8 Å². The Morgan fingerprint density at radius 2 is 1.62 bits per heavy atom. The number of rotatable bonds is 4. The van der Waals surface area contributed by atoms with Gasteiger partial charge in [0.25, 0.3) is 0 Å². The second kappa shape index (κ2) is 8.34. The third kappa shape index (κ3) is 7.18. The number of ether oxygens (including phenoxy) is 1. The van der Waals surface area contributed by atoms with Gasteiger partial charge in [0.15, 0.2) is 0 Å². The third-order valence-electron chi connectivity index (χ3n) is 3.01. The zero-order chi connectivity index (χ0) is 18.4. The minimum absolute atomic E-state index is 0.370. The monoisotopic (exact) mass is 359 g/mol. The van der Waals surface area contributed by atoms with Crippen molar-refractivity contribution < 1.29 is 41.0 Å². The molecule has 1 heterocycles. The minimum atomic E-state index is -5.08. The second-order valence-corrected chi connectivity index (χ2v) is 5.04. The van der Waals surface area contributed by atoms with Gasteiger partial charge in [0.2, 0.25) is 0 Å². The van der Waals surface area contributed by atoms with E-state index in [9.17, 15) is 26.3 Å². The topological polar surface area (TPSA) is 58.6 Å². The fourth-order valence-corrected chi connectivity index (χ4v) is 1.60. The lowest BCUT2D eigenvalue weighted by molar-refractivity contribution is -0.192. The fraction of sp³-hybridized carbons (Fsp3) is 0.500. The van der Waals surface area contributed by atoms with Crippen LogP contribution in [0.2, 0.25) is 0 Å². The van der Waals surface area contributed by atoms with Gasteiger partial charge in [-0.15, -0.1) is 0 Å². The van der Waals surface area contributed by atoms with Gasteiger partial charge in [-0.2, -0.15) is 26.3 Å². The van der Waals surface area contributed by atoms with E-state index in [2.05, 4.69) is 5.32 Å². The summed E-state index contributed by atoms with van der Waals surface area (Å²) in [6, 6.07) is 5.09. The van der Waals surface area contributed by atoms with Crippen molar-refractivity contribution in [1.82, 2.24) is 5.32 Å². The lowest BCUT2D eigenvalue weighted by atomic mass is 10.1. The number of carboxylic acid groups (broad SMARTS) is 1. The van der Waals surface area contributed by atoms with Crippen LogP contribution in [0.4, 0.5) is 26.3 Å². The van der Waals surface area contributed by atoms with E-state index in [0.29, 0.717) is 19.1 Å². The number of hydrogen-bond donors (Lipinski definition) is 2. The summed E-state index contributed by atoms with van der Waals surface area (Å²) in [4.78, 5) is 8.90. The van der Waals surface area contributed by atoms with E-state index in [1.54, 1.807) is 0 Å². The smallest absolute Gasteiger partial charge is 0.475 e. The van der Waals surface area contributed by atoms with Gasteiger partial charge in [-0.1, -0.05) is 12.1 Å². The van der Waals surface area contributed by atoms with Crippen molar-refractivity contribution >= 4 is 5.97 Å². The number of aliphatic carboxylic acids is 1. The molecule has 0 amide bonds. The van der Waals surface area contributed by atoms with Crippen LogP contribution < -0.4 is 5.32 Å². The summed E-state index contributed by atoms with van der Waals surface area (Å²) in [6.07, 6.45) is -9.35. The maximum absolute atomic E-state index is 12.3. The first kappa shape index (κ1) is 20.2. The summed E-state index contributed by atoms with van der Waals surface area (Å²) in [7, 11) is 0. The molecule has 1 aliphatic rings. The molecule has 10 heteroatoms. The van der Waals surface area contributed by atoms with E-state index in [1.807, 2.05) is 0 Å². The highest BCUT2D eigenvalue weighted by Gasteiger charge is 2.38. The summed E-state index contributed by atoms with van der Waals surface area (Å²) >= 11 is 0. The molecule has 0 spiro atoms. The summed E-state index contributed by atoms with van der Waals surface area (Å²) < 4.78 is 74.0. The van der Waals surface area contributed by atoms with E-state index in [-0.39, 0.29) is 0 Å². The van der Waals surface area contributed by atoms with E-state index in [1.165, 1.54) is 12.1 Å². The predicted octanol–water partition coefficient (Wildman–Crippen LogP) is 3.07. The number of hydrogen-bond acceptors (Lipinski definition) is 3. The van der Waals surface area contributed by atoms with E-state index in [0.717, 1.165) is 30.8 Å². The van der Waals surface area contributed by atoms with Crippen LogP contribution >= 0.6 is 0 Å². The Morgan fingerprint density at radius 3 is 1.96 bits per heavy atom. The van der Waals surface area contributed by atoms with Crippen LogP contribution in [0.5, 0.6) is 0 Å². The average molecular weight is 359 g/mol.